The van der Waals surface area contributed by atoms with Gasteiger partial charge >= 0.3 is 0 Å². The molecule has 0 fully saturated rings. The molecule has 9 aromatic carbocycles. The number of benzene rings is 9. The van der Waals surface area contributed by atoms with Crippen LogP contribution in [0.2, 0.25) is 0 Å². The number of hydrogen-bond donors (Lipinski definition) is 0. The maximum absolute atomic E-state index is 3.48. The second-order valence-electron chi connectivity index (χ2n) is 18.6. The fourth-order valence-corrected chi connectivity index (χ4v) is 17.9. The number of rotatable bonds is 10. The third-order valence-corrected chi connectivity index (χ3v) is 20.7. The maximum Gasteiger partial charge on any atom is 0.177 e. The molecular formula is C66H58Si. The average molecular weight is 879 g/mol. The zero-order chi connectivity index (χ0) is 46.2. The van der Waals surface area contributed by atoms with Crippen LogP contribution in [0.25, 0.3) is 66.8 Å². The van der Waals surface area contributed by atoms with Gasteiger partial charge in [0.2, 0.25) is 0 Å². The maximum atomic E-state index is 2.63. The minimum atomic E-state index is -3.48. The zero-order valence-electron chi connectivity index (χ0n) is 39.9. The van der Waals surface area contributed by atoms with Gasteiger partial charge in [0.05, 0.1) is 0 Å². The van der Waals surface area contributed by atoms with Crippen LogP contribution < -0.4 is 15.6 Å². The zero-order valence-corrected chi connectivity index (χ0v) is 40.9. The van der Waals surface area contributed by atoms with E-state index in [1.807, 2.05) is 0 Å². The SMILES string of the molecule is CC1=C(C)C(C)C([Si](c2cc(-c3ccccc3)cc(-c3ccccc3)c2C)(c2cc(-c3ccccc3)cc(-c3ccccc3)c2C)c2cc(-c3ccccc3)cc(-c3ccccc3)c2C)=C1C. The predicted octanol–water partition coefficient (Wildman–Crippen LogP) is 15.9. The first-order valence-electron chi connectivity index (χ1n) is 23.8. The molecule has 0 nitrogen and oxygen atoms in total. The summed E-state index contributed by atoms with van der Waals surface area (Å²) >= 11 is 0. The first-order valence-corrected chi connectivity index (χ1v) is 25.8. The molecule has 0 saturated carbocycles. The molecule has 0 heterocycles. The Morgan fingerprint density at radius 1 is 0.284 bits per heavy atom. The van der Waals surface area contributed by atoms with Gasteiger partial charge in [-0.25, -0.2) is 0 Å². The second-order valence-corrected chi connectivity index (χ2v) is 22.3. The van der Waals surface area contributed by atoms with E-state index in [-0.39, 0.29) is 5.92 Å². The lowest BCUT2D eigenvalue weighted by atomic mass is 9.94. The molecule has 9 aromatic rings. The Kier molecular flexibility index (Phi) is 11.8. The summed E-state index contributed by atoms with van der Waals surface area (Å²) in [6, 6.07) is 81.8. The van der Waals surface area contributed by atoms with Gasteiger partial charge in [-0.2, -0.15) is 0 Å². The molecule has 10 rings (SSSR count). The highest BCUT2D eigenvalue weighted by molar-refractivity contribution is 7.17. The summed E-state index contributed by atoms with van der Waals surface area (Å²) in [5.41, 5.74) is 23.2. The van der Waals surface area contributed by atoms with Crippen LogP contribution in [-0.4, -0.2) is 8.07 Å². The van der Waals surface area contributed by atoms with Crippen LogP contribution in [0.3, 0.4) is 0 Å². The second kappa shape index (κ2) is 18.2. The van der Waals surface area contributed by atoms with Crippen molar-refractivity contribution in [2.75, 3.05) is 0 Å². The third-order valence-electron chi connectivity index (χ3n) is 15.1. The highest BCUT2D eigenvalue weighted by atomic mass is 28.3. The topological polar surface area (TPSA) is 0 Å². The molecule has 1 heteroatoms. The first kappa shape index (κ1) is 43.6. The molecule has 0 amide bonds. The molecule has 1 aliphatic carbocycles. The van der Waals surface area contributed by atoms with E-state index in [1.165, 1.54) is 116 Å². The Bertz CT molecular complexity index is 2990. The molecule has 67 heavy (non-hydrogen) atoms. The van der Waals surface area contributed by atoms with E-state index in [2.05, 4.69) is 267 Å². The monoisotopic (exact) mass is 878 g/mol. The molecule has 0 aliphatic heterocycles. The summed E-state index contributed by atoms with van der Waals surface area (Å²) in [6.45, 7) is 17.0. The lowest BCUT2D eigenvalue weighted by molar-refractivity contribution is 0.851. The quantitative estimate of drug-likeness (QED) is 0.0948. The van der Waals surface area contributed by atoms with Crippen molar-refractivity contribution in [3.8, 4) is 66.8 Å². The fraction of sp³-hybridized carbons (Fsp3) is 0.121. The van der Waals surface area contributed by atoms with Crippen molar-refractivity contribution in [1.29, 1.82) is 0 Å². The molecule has 0 aromatic heterocycles. The van der Waals surface area contributed by atoms with Gasteiger partial charge < -0.3 is 0 Å². The van der Waals surface area contributed by atoms with Crippen molar-refractivity contribution in [3.05, 3.63) is 257 Å². The fourth-order valence-electron chi connectivity index (χ4n) is 11.3. The summed E-state index contributed by atoms with van der Waals surface area (Å²) in [6.07, 6.45) is 0. The van der Waals surface area contributed by atoms with Gasteiger partial charge in [0.1, 0.15) is 0 Å². The van der Waals surface area contributed by atoms with Crippen molar-refractivity contribution >= 4 is 23.6 Å². The molecule has 0 saturated heterocycles. The van der Waals surface area contributed by atoms with Crippen molar-refractivity contribution in [2.24, 2.45) is 5.92 Å². The number of hydrogen-bond acceptors (Lipinski definition) is 0. The van der Waals surface area contributed by atoms with Crippen molar-refractivity contribution in [2.45, 2.75) is 48.5 Å². The predicted molar refractivity (Wildman–Crippen MR) is 291 cm³/mol. The summed E-state index contributed by atoms with van der Waals surface area (Å²) in [7, 11) is -3.48. The van der Waals surface area contributed by atoms with Crippen molar-refractivity contribution in [1.82, 2.24) is 0 Å². The Labute approximate surface area is 399 Å². The Morgan fingerprint density at radius 3 is 0.776 bits per heavy atom. The molecule has 0 spiro atoms. The third kappa shape index (κ3) is 7.68. The highest BCUT2D eigenvalue weighted by Gasteiger charge is 2.51. The molecule has 1 aliphatic rings. The van der Waals surface area contributed by atoms with E-state index in [4.69, 9.17) is 0 Å². The summed E-state index contributed by atoms with van der Waals surface area (Å²) < 4.78 is 0. The van der Waals surface area contributed by atoms with Crippen molar-refractivity contribution < 1.29 is 0 Å². The van der Waals surface area contributed by atoms with Gasteiger partial charge in [-0.3, -0.25) is 0 Å². The van der Waals surface area contributed by atoms with Crippen LogP contribution in [0.1, 0.15) is 44.4 Å². The highest BCUT2D eigenvalue weighted by Crippen LogP contribution is 2.45. The normalized spacial score (nSPS) is 13.9. The average Bonchev–Trinajstić information content (AvgIpc) is 3.58. The standard InChI is InChI=1S/C66H58Si/c1-44-45(2)47(4)66(46(44)3)67(63-41-57(51-26-14-8-15-27-51)38-60(48(63)5)54-32-20-11-21-33-54,64-42-58(52-28-16-9-17-29-52)39-61(49(64)6)55-34-22-12-23-35-55)65-43-59(53-30-18-10-19-31-53)40-62(50(65)7)56-36-24-13-25-37-56/h8-43,46H,1-7H3. The van der Waals surface area contributed by atoms with Crippen LogP contribution in [0.15, 0.2) is 240 Å². The van der Waals surface area contributed by atoms with Crippen LogP contribution in [-0.2, 0) is 0 Å². The van der Waals surface area contributed by atoms with Crippen LogP contribution >= 0.6 is 0 Å². The van der Waals surface area contributed by atoms with Crippen LogP contribution in [0, 0.1) is 26.7 Å². The van der Waals surface area contributed by atoms with E-state index in [1.54, 1.807) is 5.20 Å². The molecule has 0 N–H and O–H groups in total. The van der Waals surface area contributed by atoms with E-state index in [0.29, 0.717) is 0 Å². The van der Waals surface area contributed by atoms with Crippen LogP contribution in [0.5, 0.6) is 0 Å². The summed E-state index contributed by atoms with van der Waals surface area (Å²) in [5, 5.41) is 5.90. The van der Waals surface area contributed by atoms with Gasteiger partial charge in [0.25, 0.3) is 0 Å². The van der Waals surface area contributed by atoms with E-state index in [0.717, 1.165) is 0 Å². The molecule has 1 atom stereocenters. The lowest BCUT2D eigenvalue weighted by Gasteiger charge is -2.43. The van der Waals surface area contributed by atoms with Gasteiger partial charge in [0.15, 0.2) is 8.07 Å². The van der Waals surface area contributed by atoms with Gasteiger partial charge in [-0.05, 0) is 170 Å². The van der Waals surface area contributed by atoms with Gasteiger partial charge in [-0.15, -0.1) is 0 Å². The molecule has 0 radical (unpaired) electrons. The minimum absolute atomic E-state index is 0.200. The largest absolute Gasteiger partial charge is 0.177 e. The Balaban J connectivity index is 1.50. The van der Waals surface area contributed by atoms with E-state index >= 15 is 0 Å². The van der Waals surface area contributed by atoms with Gasteiger partial charge in [0, 0.05) is 0 Å². The molecule has 326 valence electrons. The Hall–Kier alpha value is -7.32. The Morgan fingerprint density at radius 2 is 0.537 bits per heavy atom. The molecule has 1 unspecified atom stereocenters. The molecular weight excluding hydrogens is 821 g/mol. The van der Waals surface area contributed by atoms with E-state index < -0.39 is 8.07 Å². The lowest BCUT2D eigenvalue weighted by Crippen LogP contribution is -2.71. The molecule has 0 bridgehead atoms. The first-order chi connectivity index (χ1) is 32.7. The van der Waals surface area contributed by atoms with Gasteiger partial charge in [-0.1, -0.05) is 223 Å². The number of allylic oxidation sites excluding steroid dienone is 4. The van der Waals surface area contributed by atoms with Crippen LogP contribution in [0.4, 0.5) is 0 Å². The van der Waals surface area contributed by atoms with Crippen molar-refractivity contribution in [3.63, 3.8) is 0 Å². The minimum Gasteiger partial charge on any atom is -0.0636 e. The van der Waals surface area contributed by atoms with E-state index in [9.17, 15) is 0 Å². The summed E-state index contributed by atoms with van der Waals surface area (Å²) in [5.74, 6) is 0.200. The smallest absolute Gasteiger partial charge is 0.0636 e. The summed E-state index contributed by atoms with van der Waals surface area (Å²) in [4.78, 5) is 0.